The van der Waals surface area contributed by atoms with Gasteiger partial charge in [0.1, 0.15) is 5.69 Å². The second-order valence-corrected chi connectivity index (χ2v) is 5.61. The van der Waals surface area contributed by atoms with Crippen LogP contribution < -0.4 is 4.90 Å². The molecule has 0 N–H and O–H groups in total. The zero-order valence-corrected chi connectivity index (χ0v) is 11.2. The van der Waals surface area contributed by atoms with Gasteiger partial charge in [-0.2, -0.15) is 0 Å². The fourth-order valence-corrected chi connectivity index (χ4v) is 3.31. The maximum atomic E-state index is 13.9. The summed E-state index contributed by atoms with van der Waals surface area (Å²) in [6, 6.07) is 0.274. The van der Waals surface area contributed by atoms with Crippen molar-refractivity contribution < 1.29 is 17.6 Å². The van der Waals surface area contributed by atoms with Crippen LogP contribution in [0.5, 0.6) is 0 Å². The molecule has 0 aliphatic carbocycles. The van der Waals surface area contributed by atoms with E-state index in [1.165, 1.54) is 4.90 Å². The van der Waals surface area contributed by atoms with Crippen LogP contribution in [0.15, 0.2) is 6.07 Å². The second kappa shape index (κ2) is 4.91. The third-order valence-electron chi connectivity index (χ3n) is 4.31. The van der Waals surface area contributed by atoms with Crippen LogP contribution in [0.1, 0.15) is 19.8 Å². The van der Waals surface area contributed by atoms with Crippen LogP contribution in [0.4, 0.5) is 23.2 Å². The van der Waals surface area contributed by atoms with Crippen LogP contribution in [0.3, 0.4) is 0 Å². The molecule has 2 atom stereocenters. The van der Waals surface area contributed by atoms with Gasteiger partial charge < -0.3 is 4.90 Å². The molecule has 20 heavy (non-hydrogen) atoms. The zero-order chi connectivity index (χ0) is 14.4. The first-order chi connectivity index (χ1) is 9.49. The standard InChI is InChI=1S/C14H16F4N2/c1-8-6-19-4-2-3-9(19)7-20(8)14-12(17)10(15)5-11(16)13(14)18/h5,8-9H,2-4,6-7H2,1H3. The minimum absolute atomic E-state index is 0.186. The Morgan fingerprint density at radius 2 is 1.70 bits per heavy atom. The van der Waals surface area contributed by atoms with Crippen LogP contribution >= 0.6 is 0 Å². The van der Waals surface area contributed by atoms with E-state index in [1.54, 1.807) is 0 Å². The highest BCUT2D eigenvalue weighted by Gasteiger charge is 2.37. The van der Waals surface area contributed by atoms with Gasteiger partial charge in [0.25, 0.3) is 0 Å². The number of halogens is 4. The average molecular weight is 288 g/mol. The molecular formula is C14H16F4N2. The first kappa shape index (κ1) is 13.7. The molecule has 2 saturated heterocycles. The minimum atomic E-state index is -1.35. The quantitative estimate of drug-likeness (QED) is 0.579. The van der Waals surface area contributed by atoms with Crippen molar-refractivity contribution in [2.75, 3.05) is 24.5 Å². The molecule has 6 heteroatoms. The van der Waals surface area contributed by atoms with Crippen molar-refractivity contribution in [3.05, 3.63) is 29.3 Å². The summed E-state index contributed by atoms with van der Waals surface area (Å²) in [5.74, 6) is -5.30. The van der Waals surface area contributed by atoms with Gasteiger partial charge in [-0.3, -0.25) is 4.90 Å². The average Bonchev–Trinajstić information content (AvgIpc) is 2.84. The summed E-state index contributed by atoms with van der Waals surface area (Å²) in [5, 5.41) is 0. The molecule has 2 nitrogen and oxygen atoms in total. The lowest BCUT2D eigenvalue weighted by molar-refractivity contribution is 0.201. The van der Waals surface area contributed by atoms with Crippen LogP contribution in [0, 0.1) is 23.3 Å². The highest BCUT2D eigenvalue weighted by atomic mass is 19.2. The van der Waals surface area contributed by atoms with Crippen LogP contribution in [-0.4, -0.2) is 36.6 Å². The Morgan fingerprint density at radius 1 is 1.05 bits per heavy atom. The monoisotopic (exact) mass is 288 g/mol. The third-order valence-corrected chi connectivity index (χ3v) is 4.31. The van der Waals surface area contributed by atoms with Gasteiger partial charge in [0.2, 0.25) is 0 Å². The van der Waals surface area contributed by atoms with Crippen molar-refractivity contribution in [3.63, 3.8) is 0 Å². The molecule has 2 aliphatic heterocycles. The van der Waals surface area contributed by atoms with E-state index < -0.39 is 29.0 Å². The molecule has 110 valence electrons. The molecule has 0 amide bonds. The van der Waals surface area contributed by atoms with E-state index in [0.29, 0.717) is 13.1 Å². The molecular weight excluding hydrogens is 272 g/mol. The highest BCUT2D eigenvalue weighted by Crippen LogP contribution is 2.33. The van der Waals surface area contributed by atoms with Crippen LogP contribution in [0.25, 0.3) is 0 Å². The van der Waals surface area contributed by atoms with Crippen molar-refractivity contribution >= 4 is 5.69 Å². The number of anilines is 1. The molecule has 0 bridgehead atoms. The molecule has 2 unspecified atom stereocenters. The Morgan fingerprint density at radius 3 is 2.35 bits per heavy atom. The molecule has 2 aliphatic rings. The van der Waals surface area contributed by atoms with E-state index >= 15 is 0 Å². The van der Waals surface area contributed by atoms with Gasteiger partial charge in [0.05, 0.1) is 0 Å². The largest absolute Gasteiger partial charge is 0.361 e. The van der Waals surface area contributed by atoms with E-state index in [2.05, 4.69) is 4.90 Å². The SMILES string of the molecule is CC1CN2CCCC2CN1c1c(F)c(F)cc(F)c1F. The van der Waals surface area contributed by atoms with Crippen LogP contribution in [-0.2, 0) is 0 Å². The number of piperazine rings is 1. The fourth-order valence-electron chi connectivity index (χ4n) is 3.31. The summed E-state index contributed by atoms with van der Waals surface area (Å²) in [5.41, 5.74) is -0.568. The Labute approximate surface area is 115 Å². The van der Waals surface area contributed by atoms with Crippen molar-refractivity contribution in [1.82, 2.24) is 4.90 Å². The van der Waals surface area contributed by atoms with Gasteiger partial charge in [-0.05, 0) is 26.3 Å². The Kier molecular flexibility index (Phi) is 3.36. The van der Waals surface area contributed by atoms with Crippen molar-refractivity contribution in [1.29, 1.82) is 0 Å². The van der Waals surface area contributed by atoms with Crippen molar-refractivity contribution in [2.24, 2.45) is 0 Å². The lowest BCUT2D eigenvalue weighted by Gasteiger charge is -2.43. The number of nitrogens with zero attached hydrogens (tertiary/aromatic N) is 2. The number of hydrogen-bond acceptors (Lipinski definition) is 2. The van der Waals surface area contributed by atoms with Gasteiger partial charge in [0.15, 0.2) is 23.3 Å². The smallest absolute Gasteiger partial charge is 0.185 e. The maximum Gasteiger partial charge on any atom is 0.185 e. The van der Waals surface area contributed by atoms with Gasteiger partial charge in [-0.25, -0.2) is 17.6 Å². The molecule has 3 rings (SSSR count). The Bertz CT molecular complexity index is 508. The van der Waals surface area contributed by atoms with E-state index in [-0.39, 0.29) is 18.2 Å². The van der Waals surface area contributed by atoms with Crippen molar-refractivity contribution in [3.8, 4) is 0 Å². The lowest BCUT2D eigenvalue weighted by atomic mass is 10.1. The second-order valence-electron chi connectivity index (χ2n) is 5.61. The lowest BCUT2D eigenvalue weighted by Crippen LogP contribution is -2.55. The van der Waals surface area contributed by atoms with E-state index in [1.807, 2.05) is 6.92 Å². The fraction of sp³-hybridized carbons (Fsp3) is 0.571. The van der Waals surface area contributed by atoms with Gasteiger partial charge in [-0.15, -0.1) is 0 Å². The van der Waals surface area contributed by atoms with Gasteiger partial charge in [-0.1, -0.05) is 0 Å². The highest BCUT2D eigenvalue weighted by molar-refractivity contribution is 5.52. The molecule has 0 spiro atoms. The predicted molar refractivity (Wildman–Crippen MR) is 67.7 cm³/mol. The summed E-state index contributed by atoms with van der Waals surface area (Å²) in [6.07, 6.45) is 2.00. The predicted octanol–water partition coefficient (Wildman–Crippen LogP) is 2.92. The third kappa shape index (κ3) is 2.06. The molecule has 2 fully saturated rings. The molecule has 1 aromatic carbocycles. The molecule has 0 saturated carbocycles. The summed E-state index contributed by atoms with van der Waals surface area (Å²) in [7, 11) is 0. The summed E-state index contributed by atoms with van der Waals surface area (Å²) >= 11 is 0. The number of hydrogen-bond donors (Lipinski definition) is 0. The van der Waals surface area contributed by atoms with Crippen LogP contribution in [0.2, 0.25) is 0 Å². The topological polar surface area (TPSA) is 6.48 Å². The maximum absolute atomic E-state index is 13.9. The number of benzene rings is 1. The molecule has 0 radical (unpaired) electrons. The summed E-state index contributed by atoms with van der Waals surface area (Å²) < 4.78 is 54.5. The zero-order valence-electron chi connectivity index (χ0n) is 11.2. The van der Waals surface area contributed by atoms with Gasteiger partial charge >= 0.3 is 0 Å². The van der Waals surface area contributed by atoms with Gasteiger partial charge in [0, 0.05) is 31.2 Å². The first-order valence-corrected chi connectivity index (χ1v) is 6.82. The molecule has 0 aromatic heterocycles. The number of fused-ring (bicyclic) bond motifs is 1. The Balaban J connectivity index is 2.00. The van der Waals surface area contributed by atoms with Crippen molar-refractivity contribution in [2.45, 2.75) is 31.8 Å². The Hall–Kier alpha value is -1.30. The van der Waals surface area contributed by atoms with E-state index in [9.17, 15) is 17.6 Å². The van der Waals surface area contributed by atoms with E-state index in [0.717, 1.165) is 19.4 Å². The summed E-state index contributed by atoms with van der Waals surface area (Å²) in [6.45, 7) is 3.85. The molecule has 2 heterocycles. The normalized spacial score (nSPS) is 26.9. The first-order valence-electron chi connectivity index (χ1n) is 6.82. The summed E-state index contributed by atoms with van der Waals surface area (Å²) in [4.78, 5) is 3.73. The molecule has 1 aromatic rings. The van der Waals surface area contributed by atoms with E-state index in [4.69, 9.17) is 0 Å². The number of rotatable bonds is 1. The minimum Gasteiger partial charge on any atom is -0.361 e.